The number of halogens is 2. The summed E-state index contributed by atoms with van der Waals surface area (Å²) in [6, 6.07) is 3.02. The van der Waals surface area contributed by atoms with Crippen LogP contribution in [-0.2, 0) is 9.53 Å². The molecule has 4 nitrogen and oxygen atoms in total. The van der Waals surface area contributed by atoms with Gasteiger partial charge in [-0.25, -0.2) is 8.78 Å². The van der Waals surface area contributed by atoms with Gasteiger partial charge in [0.05, 0.1) is 19.3 Å². The fourth-order valence-corrected chi connectivity index (χ4v) is 1.98. The first-order valence-corrected chi connectivity index (χ1v) is 6.16. The number of anilines is 1. The van der Waals surface area contributed by atoms with Gasteiger partial charge in [0.25, 0.3) is 0 Å². The minimum absolute atomic E-state index is 0.396. The number of benzene rings is 1. The number of morpholine rings is 1. The number of ether oxygens (including phenoxy) is 1. The van der Waals surface area contributed by atoms with E-state index < -0.39 is 29.3 Å². The lowest BCUT2D eigenvalue weighted by Gasteiger charge is -2.31. The first-order valence-electron chi connectivity index (χ1n) is 6.16. The molecule has 1 fully saturated rings. The first-order chi connectivity index (χ1) is 9.09. The number of carbonyl (C=O) groups is 1. The van der Waals surface area contributed by atoms with Gasteiger partial charge in [-0.3, -0.25) is 9.69 Å². The van der Waals surface area contributed by atoms with Gasteiger partial charge in [0.1, 0.15) is 17.3 Å². The molecule has 0 aromatic heterocycles. The highest BCUT2D eigenvalue weighted by Crippen LogP contribution is 2.18. The number of hydrogen-bond donors (Lipinski definition) is 1. The van der Waals surface area contributed by atoms with Gasteiger partial charge >= 0.3 is 0 Å². The van der Waals surface area contributed by atoms with Gasteiger partial charge in [-0.2, -0.15) is 0 Å². The van der Waals surface area contributed by atoms with E-state index in [0.29, 0.717) is 26.3 Å². The lowest BCUT2D eigenvalue weighted by atomic mass is 10.2. The van der Waals surface area contributed by atoms with Gasteiger partial charge in [0.15, 0.2) is 0 Å². The van der Waals surface area contributed by atoms with Crippen LogP contribution in [0.5, 0.6) is 0 Å². The fraction of sp³-hybridized carbons (Fsp3) is 0.462. The van der Waals surface area contributed by atoms with Crippen molar-refractivity contribution in [1.29, 1.82) is 0 Å². The van der Waals surface area contributed by atoms with Gasteiger partial charge in [0.2, 0.25) is 5.91 Å². The van der Waals surface area contributed by atoms with Crippen molar-refractivity contribution in [3.8, 4) is 0 Å². The van der Waals surface area contributed by atoms with Crippen molar-refractivity contribution in [3.63, 3.8) is 0 Å². The zero-order chi connectivity index (χ0) is 13.8. The van der Waals surface area contributed by atoms with Crippen molar-refractivity contribution in [2.75, 3.05) is 31.6 Å². The van der Waals surface area contributed by atoms with Crippen LogP contribution in [0.3, 0.4) is 0 Å². The molecular formula is C13H16F2N2O2. The molecule has 1 amide bonds. The molecule has 1 aliphatic heterocycles. The Morgan fingerprint density at radius 2 is 1.89 bits per heavy atom. The summed E-state index contributed by atoms with van der Waals surface area (Å²) in [7, 11) is 0. The molecule has 1 saturated heterocycles. The maximum Gasteiger partial charge on any atom is 0.241 e. The molecule has 19 heavy (non-hydrogen) atoms. The summed E-state index contributed by atoms with van der Waals surface area (Å²) in [5, 5.41) is 2.30. The molecule has 1 aromatic rings. The van der Waals surface area contributed by atoms with E-state index in [1.54, 1.807) is 6.92 Å². The first kappa shape index (κ1) is 13.9. The molecule has 0 aliphatic carbocycles. The maximum atomic E-state index is 13.4. The number of carbonyl (C=O) groups excluding carboxylic acids is 1. The molecule has 1 atom stereocenters. The molecule has 1 aromatic carbocycles. The Balaban J connectivity index is 2.04. The van der Waals surface area contributed by atoms with E-state index in [2.05, 4.69) is 5.32 Å². The lowest BCUT2D eigenvalue weighted by Crippen LogP contribution is -2.47. The maximum absolute atomic E-state index is 13.4. The van der Waals surface area contributed by atoms with Crippen LogP contribution in [0.25, 0.3) is 0 Å². The zero-order valence-corrected chi connectivity index (χ0v) is 10.7. The Labute approximate surface area is 110 Å². The van der Waals surface area contributed by atoms with Crippen molar-refractivity contribution in [2.45, 2.75) is 13.0 Å². The second kappa shape index (κ2) is 6.08. The van der Waals surface area contributed by atoms with Crippen LogP contribution in [0.4, 0.5) is 14.5 Å². The van der Waals surface area contributed by atoms with E-state index in [9.17, 15) is 13.6 Å². The number of rotatable bonds is 3. The molecule has 1 heterocycles. The smallest absolute Gasteiger partial charge is 0.241 e. The topological polar surface area (TPSA) is 41.6 Å². The second-order valence-corrected chi connectivity index (χ2v) is 4.41. The molecule has 1 N–H and O–H groups in total. The third kappa shape index (κ3) is 3.27. The predicted molar refractivity (Wildman–Crippen MR) is 66.8 cm³/mol. The quantitative estimate of drug-likeness (QED) is 0.907. The van der Waals surface area contributed by atoms with E-state index >= 15 is 0 Å². The van der Waals surface area contributed by atoms with Gasteiger partial charge in [-0.05, 0) is 19.1 Å². The normalized spacial score (nSPS) is 18.1. The van der Waals surface area contributed by atoms with Crippen LogP contribution in [0.15, 0.2) is 18.2 Å². The van der Waals surface area contributed by atoms with Crippen LogP contribution >= 0.6 is 0 Å². The third-order valence-electron chi connectivity index (χ3n) is 3.18. The van der Waals surface area contributed by atoms with Gasteiger partial charge < -0.3 is 10.1 Å². The molecule has 0 bridgehead atoms. The minimum atomic E-state index is -0.775. The Hall–Kier alpha value is -1.53. The Morgan fingerprint density at radius 3 is 2.47 bits per heavy atom. The number of para-hydroxylation sites is 1. The molecule has 1 aliphatic rings. The molecule has 6 heteroatoms. The van der Waals surface area contributed by atoms with E-state index in [1.807, 2.05) is 4.90 Å². The van der Waals surface area contributed by atoms with E-state index in [0.717, 1.165) is 12.1 Å². The molecule has 0 spiro atoms. The predicted octanol–water partition coefficient (Wildman–Crippen LogP) is 1.62. The number of nitrogens with zero attached hydrogens (tertiary/aromatic N) is 1. The van der Waals surface area contributed by atoms with Crippen LogP contribution in [-0.4, -0.2) is 43.2 Å². The fourth-order valence-electron chi connectivity index (χ4n) is 1.98. The highest BCUT2D eigenvalue weighted by molar-refractivity contribution is 5.94. The molecule has 2 rings (SSSR count). The van der Waals surface area contributed by atoms with Crippen LogP contribution in [0.2, 0.25) is 0 Å². The van der Waals surface area contributed by atoms with Crippen LogP contribution < -0.4 is 5.32 Å². The van der Waals surface area contributed by atoms with Crippen molar-refractivity contribution in [2.24, 2.45) is 0 Å². The third-order valence-corrected chi connectivity index (χ3v) is 3.18. The summed E-state index contributed by atoms with van der Waals surface area (Å²) in [5.74, 6) is -1.98. The van der Waals surface area contributed by atoms with E-state index in [4.69, 9.17) is 4.74 Å². The summed E-state index contributed by atoms with van der Waals surface area (Å²) in [6.45, 7) is 4.10. The van der Waals surface area contributed by atoms with Crippen molar-refractivity contribution < 1.29 is 18.3 Å². The van der Waals surface area contributed by atoms with Crippen molar-refractivity contribution in [1.82, 2.24) is 4.90 Å². The van der Waals surface area contributed by atoms with Crippen LogP contribution in [0.1, 0.15) is 6.92 Å². The summed E-state index contributed by atoms with van der Waals surface area (Å²) in [4.78, 5) is 13.9. The number of hydrogen-bond acceptors (Lipinski definition) is 3. The van der Waals surface area contributed by atoms with Gasteiger partial charge in [0, 0.05) is 13.1 Å². The summed E-state index contributed by atoms with van der Waals surface area (Å²) >= 11 is 0. The molecule has 0 unspecified atom stereocenters. The number of nitrogens with one attached hydrogen (secondary N) is 1. The molecule has 104 valence electrons. The average molecular weight is 270 g/mol. The zero-order valence-electron chi connectivity index (χ0n) is 10.7. The minimum Gasteiger partial charge on any atom is -0.379 e. The van der Waals surface area contributed by atoms with Crippen molar-refractivity contribution >= 4 is 11.6 Å². The van der Waals surface area contributed by atoms with E-state index in [-0.39, 0.29) is 0 Å². The van der Waals surface area contributed by atoms with Crippen LogP contribution in [0, 0.1) is 11.6 Å². The Bertz CT molecular complexity index is 442. The standard InChI is InChI=1S/C13H16F2N2O2/c1-9(17-5-7-19-8-6-17)13(18)16-12-10(14)3-2-4-11(12)15/h2-4,9H,5-8H2,1H3,(H,16,18)/t9-/m0/s1. The summed E-state index contributed by atoms with van der Waals surface area (Å²) < 4.78 is 32.0. The average Bonchev–Trinajstić information content (AvgIpc) is 2.43. The summed E-state index contributed by atoms with van der Waals surface area (Å²) in [6.07, 6.45) is 0. The highest BCUT2D eigenvalue weighted by atomic mass is 19.1. The number of amides is 1. The SMILES string of the molecule is C[C@@H](C(=O)Nc1c(F)cccc1F)N1CCOCC1. The summed E-state index contributed by atoms with van der Waals surface area (Å²) in [5.41, 5.74) is -0.396. The Morgan fingerprint density at radius 1 is 1.32 bits per heavy atom. The monoisotopic (exact) mass is 270 g/mol. The molecule has 0 saturated carbocycles. The van der Waals surface area contributed by atoms with Gasteiger partial charge in [-0.15, -0.1) is 0 Å². The highest BCUT2D eigenvalue weighted by Gasteiger charge is 2.24. The van der Waals surface area contributed by atoms with Gasteiger partial charge in [-0.1, -0.05) is 6.07 Å². The largest absolute Gasteiger partial charge is 0.379 e. The lowest BCUT2D eigenvalue weighted by molar-refractivity contribution is -0.122. The van der Waals surface area contributed by atoms with Crippen molar-refractivity contribution in [3.05, 3.63) is 29.8 Å². The molecular weight excluding hydrogens is 254 g/mol. The van der Waals surface area contributed by atoms with E-state index in [1.165, 1.54) is 6.07 Å². The molecule has 0 radical (unpaired) electrons. The second-order valence-electron chi connectivity index (χ2n) is 4.41. The Kier molecular flexibility index (Phi) is 4.44.